The van der Waals surface area contributed by atoms with Crippen LogP contribution in [-0.4, -0.2) is 50.1 Å². The summed E-state index contributed by atoms with van der Waals surface area (Å²) in [4.78, 5) is 4.06. The Morgan fingerprint density at radius 1 is 1.37 bits per heavy atom. The van der Waals surface area contributed by atoms with Crippen LogP contribution in [0.25, 0.3) is 0 Å². The van der Waals surface area contributed by atoms with Gasteiger partial charge in [-0.15, -0.1) is 0 Å². The number of aromatic nitrogens is 1. The van der Waals surface area contributed by atoms with Crippen molar-refractivity contribution >= 4 is 10.0 Å². The maximum absolute atomic E-state index is 11.4. The van der Waals surface area contributed by atoms with Crippen LogP contribution in [0.4, 0.5) is 0 Å². The van der Waals surface area contributed by atoms with Crippen LogP contribution in [0.2, 0.25) is 0 Å². The van der Waals surface area contributed by atoms with Gasteiger partial charge in [-0.05, 0) is 37.6 Å². The van der Waals surface area contributed by atoms with E-state index in [-0.39, 0.29) is 0 Å². The minimum Gasteiger partial charge on any atom is -0.316 e. The molecule has 5 nitrogen and oxygen atoms in total. The van der Waals surface area contributed by atoms with Crippen molar-refractivity contribution in [3.8, 4) is 0 Å². The predicted molar refractivity (Wildman–Crippen MR) is 77.5 cm³/mol. The fourth-order valence-electron chi connectivity index (χ4n) is 1.84. The van der Waals surface area contributed by atoms with Crippen LogP contribution < -0.4 is 5.32 Å². The number of nitrogens with zero attached hydrogens (tertiary/aromatic N) is 2. The third-order valence-electron chi connectivity index (χ3n) is 2.90. The molecule has 6 heteroatoms. The zero-order chi connectivity index (χ0) is 14.1. The van der Waals surface area contributed by atoms with E-state index in [0.29, 0.717) is 13.1 Å². The summed E-state index contributed by atoms with van der Waals surface area (Å²) in [6.07, 6.45) is 6.66. The van der Waals surface area contributed by atoms with Crippen LogP contribution in [-0.2, 0) is 16.4 Å². The second-order valence-electron chi connectivity index (χ2n) is 4.47. The Kier molecular flexibility index (Phi) is 6.97. The highest BCUT2D eigenvalue weighted by Crippen LogP contribution is 1.98. The Hall–Kier alpha value is -0.980. The molecule has 0 amide bonds. The van der Waals surface area contributed by atoms with Gasteiger partial charge in [0.05, 0.1) is 6.26 Å². The van der Waals surface area contributed by atoms with Crippen LogP contribution in [0.3, 0.4) is 0 Å². The highest BCUT2D eigenvalue weighted by Gasteiger charge is 2.12. The third-order valence-corrected chi connectivity index (χ3v) is 4.27. The molecule has 19 heavy (non-hydrogen) atoms. The van der Waals surface area contributed by atoms with Crippen molar-refractivity contribution in [3.63, 3.8) is 0 Å². The van der Waals surface area contributed by atoms with E-state index < -0.39 is 10.0 Å². The van der Waals surface area contributed by atoms with Crippen LogP contribution >= 0.6 is 0 Å². The van der Waals surface area contributed by atoms with Gasteiger partial charge in [-0.3, -0.25) is 4.98 Å². The summed E-state index contributed by atoms with van der Waals surface area (Å²) in [5.74, 6) is 0. The molecule has 1 rings (SSSR count). The van der Waals surface area contributed by atoms with Gasteiger partial charge in [-0.1, -0.05) is 13.0 Å². The Labute approximate surface area is 116 Å². The molecule has 0 aliphatic carbocycles. The lowest BCUT2D eigenvalue weighted by molar-refractivity contribution is 0.419. The third kappa shape index (κ3) is 6.66. The summed E-state index contributed by atoms with van der Waals surface area (Å²) in [5, 5.41) is 3.32. The van der Waals surface area contributed by atoms with Gasteiger partial charge >= 0.3 is 0 Å². The molecule has 108 valence electrons. The Morgan fingerprint density at radius 2 is 2.16 bits per heavy atom. The van der Waals surface area contributed by atoms with Crippen molar-refractivity contribution in [2.75, 3.05) is 32.4 Å². The van der Waals surface area contributed by atoms with E-state index in [1.165, 1.54) is 16.1 Å². The van der Waals surface area contributed by atoms with E-state index in [1.54, 1.807) is 6.20 Å². The van der Waals surface area contributed by atoms with Crippen LogP contribution in [0.5, 0.6) is 0 Å². The lowest BCUT2D eigenvalue weighted by Gasteiger charge is -2.17. The van der Waals surface area contributed by atoms with Gasteiger partial charge in [0, 0.05) is 25.5 Å². The van der Waals surface area contributed by atoms with Gasteiger partial charge in [0.25, 0.3) is 0 Å². The number of rotatable bonds is 9. The zero-order valence-electron chi connectivity index (χ0n) is 11.7. The van der Waals surface area contributed by atoms with Crippen LogP contribution in [0.15, 0.2) is 24.5 Å². The molecule has 0 aromatic carbocycles. The smallest absolute Gasteiger partial charge is 0.211 e. The van der Waals surface area contributed by atoms with Crippen molar-refractivity contribution < 1.29 is 8.42 Å². The van der Waals surface area contributed by atoms with E-state index in [9.17, 15) is 8.42 Å². The van der Waals surface area contributed by atoms with E-state index in [1.807, 2.05) is 19.2 Å². The number of hydrogen-bond acceptors (Lipinski definition) is 4. The molecule has 1 aromatic rings. The first-order valence-corrected chi connectivity index (χ1v) is 8.43. The molecule has 0 atom stereocenters. The quantitative estimate of drug-likeness (QED) is 0.684. The number of pyridine rings is 1. The van der Waals surface area contributed by atoms with Gasteiger partial charge in [0.2, 0.25) is 10.0 Å². The fraction of sp³-hybridized carbons (Fsp3) is 0.615. The number of hydrogen-bond donors (Lipinski definition) is 1. The number of nitrogens with one attached hydrogen (secondary N) is 1. The van der Waals surface area contributed by atoms with E-state index >= 15 is 0 Å². The molecule has 1 heterocycles. The maximum Gasteiger partial charge on any atom is 0.211 e. The summed E-state index contributed by atoms with van der Waals surface area (Å²) in [6, 6.07) is 3.98. The largest absolute Gasteiger partial charge is 0.316 e. The molecule has 1 aromatic heterocycles. The Balaban J connectivity index is 2.11. The Bertz CT molecular complexity index is 448. The molecule has 0 aliphatic heterocycles. The minimum absolute atomic E-state index is 0.536. The van der Waals surface area contributed by atoms with Crippen molar-refractivity contribution in [3.05, 3.63) is 30.1 Å². The molecule has 1 N–H and O–H groups in total. The fourth-order valence-corrected chi connectivity index (χ4v) is 2.77. The molecular formula is C13H23N3O2S. The van der Waals surface area contributed by atoms with Crippen molar-refractivity contribution in [2.45, 2.75) is 19.8 Å². The first-order chi connectivity index (χ1) is 9.04. The lowest BCUT2D eigenvalue weighted by atomic mass is 10.2. The highest BCUT2D eigenvalue weighted by atomic mass is 32.2. The van der Waals surface area contributed by atoms with Crippen LogP contribution in [0, 0.1) is 0 Å². The molecule has 0 bridgehead atoms. The van der Waals surface area contributed by atoms with Gasteiger partial charge in [0.1, 0.15) is 0 Å². The van der Waals surface area contributed by atoms with Crippen molar-refractivity contribution in [1.82, 2.24) is 14.6 Å². The minimum atomic E-state index is -3.05. The van der Waals surface area contributed by atoms with Gasteiger partial charge in [-0.25, -0.2) is 12.7 Å². The summed E-state index contributed by atoms with van der Waals surface area (Å²) in [7, 11) is -3.05. The summed E-state index contributed by atoms with van der Waals surface area (Å²) in [5.41, 5.74) is 1.21. The average molecular weight is 285 g/mol. The summed E-state index contributed by atoms with van der Waals surface area (Å²) < 4.78 is 24.2. The topological polar surface area (TPSA) is 62.3 Å². The average Bonchev–Trinajstić information content (AvgIpc) is 2.37. The SMILES string of the molecule is CCN(CCCNCCc1cccnc1)S(C)(=O)=O. The van der Waals surface area contributed by atoms with Gasteiger partial charge in [-0.2, -0.15) is 0 Å². The van der Waals surface area contributed by atoms with E-state index in [4.69, 9.17) is 0 Å². The first kappa shape index (κ1) is 16.1. The highest BCUT2D eigenvalue weighted by molar-refractivity contribution is 7.88. The normalized spacial score (nSPS) is 11.9. The second-order valence-corrected chi connectivity index (χ2v) is 6.45. The standard InChI is InChI=1S/C13H23N3O2S/c1-3-16(19(2,17)18)11-5-9-14-10-7-13-6-4-8-15-12-13/h4,6,8,12,14H,3,5,7,9-11H2,1-2H3. The second kappa shape index (κ2) is 8.24. The lowest BCUT2D eigenvalue weighted by Crippen LogP contribution is -2.32. The summed E-state index contributed by atoms with van der Waals surface area (Å²) in [6.45, 7) is 4.68. The molecule has 0 radical (unpaired) electrons. The van der Waals surface area contributed by atoms with Crippen LogP contribution in [0.1, 0.15) is 18.9 Å². The van der Waals surface area contributed by atoms with Crippen molar-refractivity contribution in [1.29, 1.82) is 0 Å². The van der Waals surface area contributed by atoms with Gasteiger partial charge in [0.15, 0.2) is 0 Å². The van der Waals surface area contributed by atoms with E-state index in [2.05, 4.69) is 16.4 Å². The molecule has 0 saturated heterocycles. The molecule has 0 aliphatic rings. The predicted octanol–water partition coefficient (Wildman–Crippen LogP) is 0.885. The first-order valence-electron chi connectivity index (χ1n) is 6.58. The van der Waals surface area contributed by atoms with Crippen molar-refractivity contribution in [2.24, 2.45) is 0 Å². The molecule has 0 fully saturated rings. The van der Waals surface area contributed by atoms with Gasteiger partial charge < -0.3 is 5.32 Å². The monoisotopic (exact) mass is 285 g/mol. The molecule has 0 saturated carbocycles. The summed E-state index contributed by atoms with van der Waals surface area (Å²) >= 11 is 0. The molecular weight excluding hydrogens is 262 g/mol. The molecule has 0 spiro atoms. The van der Waals surface area contributed by atoms with E-state index in [0.717, 1.165) is 25.9 Å². The maximum atomic E-state index is 11.4. The Morgan fingerprint density at radius 3 is 2.74 bits per heavy atom. The number of sulfonamides is 1. The molecule has 0 unspecified atom stereocenters. The zero-order valence-corrected chi connectivity index (χ0v) is 12.5.